The summed E-state index contributed by atoms with van der Waals surface area (Å²) in [6.07, 6.45) is 4.41. The Balaban J connectivity index is 1.83. The number of hydrogen-bond donors (Lipinski definition) is 1. The Morgan fingerprint density at radius 1 is 1.10 bits per heavy atom. The van der Waals surface area contributed by atoms with E-state index in [4.69, 9.17) is 4.42 Å². The predicted molar refractivity (Wildman–Crippen MR) is 107 cm³/mol. The van der Waals surface area contributed by atoms with Crippen molar-refractivity contribution < 1.29 is 22.4 Å². The number of carbonyl (C=O) groups is 2. The van der Waals surface area contributed by atoms with Crippen LogP contribution in [-0.2, 0) is 26.2 Å². The normalized spacial score (nSPS) is 14.8. The van der Waals surface area contributed by atoms with Gasteiger partial charge in [0.15, 0.2) is 0 Å². The molecule has 2 heterocycles. The highest BCUT2D eigenvalue weighted by atomic mass is 32.2. The highest BCUT2D eigenvalue weighted by Gasteiger charge is 2.29. The number of benzene rings is 1. The number of piperidine rings is 1. The van der Waals surface area contributed by atoms with Crippen LogP contribution in [0.1, 0.15) is 31.9 Å². The van der Waals surface area contributed by atoms with Crippen molar-refractivity contribution in [3.8, 4) is 0 Å². The average molecular weight is 420 g/mol. The topological polar surface area (TPSA) is 99.9 Å². The van der Waals surface area contributed by atoms with Crippen molar-refractivity contribution in [2.75, 3.05) is 25.0 Å². The summed E-state index contributed by atoms with van der Waals surface area (Å²) in [5.74, 6) is -0.00300. The van der Waals surface area contributed by atoms with E-state index in [0.29, 0.717) is 24.5 Å². The third kappa shape index (κ3) is 5.45. The van der Waals surface area contributed by atoms with E-state index in [1.54, 1.807) is 17.0 Å². The number of sulfonamides is 1. The largest absolute Gasteiger partial charge is 0.468 e. The molecule has 0 radical (unpaired) electrons. The second-order valence-electron chi connectivity index (χ2n) is 7.00. The smallest absolute Gasteiger partial charge is 0.243 e. The second-order valence-corrected chi connectivity index (χ2v) is 8.94. The van der Waals surface area contributed by atoms with Crippen molar-refractivity contribution in [1.29, 1.82) is 0 Å². The minimum atomic E-state index is -3.94. The Labute approximate surface area is 170 Å². The fourth-order valence-corrected chi connectivity index (χ4v) is 4.61. The molecule has 1 saturated heterocycles. The maximum atomic E-state index is 13.2. The van der Waals surface area contributed by atoms with Crippen molar-refractivity contribution in [1.82, 2.24) is 9.21 Å². The molecule has 2 amide bonds. The first-order valence-electron chi connectivity index (χ1n) is 9.54. The first-order chi connectivity index (χ1) is 13.9. The van der Waals surface area contributed by atoms with E-state index in [1.807, 2.05) is 0 Å². The summed E-state index contributed by atoms with van der Waals surface area (Å²) in [5.41, 5.74) is 0.499. The Bertz CT molecular complexity index is 933. The van der Waals surface area contributed by atoms with E-state index in [-0.39, 0.29) is 29.8 Å². The predicted octanol–water partition coefficient (Wildman–Crippen LogP) is 2.44. The molecule has 0 bridgehead atoms. The van der Waals surface area contributed by atoms with Crippen molar-refractivity contribution in [3.05, 3.63) is 48.4 Å². The van der Waals surface area contributed by atoms with Crippen LogP contribution in [-0.4, -0.2) is 49.1 Å². The van der Waals surface area contributed by atoms with E-state index in [1.165, 1.54) is 37.5 Å². The molecule has 1 aromatic carbocycles. The zero-order valence-corrected chi connectivity index (χ0v) is 17.2. The summed E-state index contributed by atoms with van der Waals surface area (Å²) < 4.78 is 32.9. The third-order valence-electron chi connectivity index (χ3n) is 4.75. The van der Waals surface area contributed by atoms with Gasteiger partial charge in [0.25, 0.3) is 0 Å². The summed E-state index contributed by atoms with van der Waals surface area (Å²) in [6, 6.07) is 9.22. The van der Waals surface area contributed by atoms with Crippen LogP contribution in [0.15, 0.2) is 52.0 Å². The Kier molecular flexibility index (Phi) is 6.71. The SMILES string of the molecule is CC(=O)Nc1ccc(S(=O)(=O)N(CC(=O)N2CCCCC2)Cc2ccco2)cc1. The van der Waals surface area contributed by atoms with Gasteiger partial charge >= 0.3 is 0 Å². The summed E-state index contributed by atoms with van der Waals surface area (Å²) in [4.78, 5) is 25.7. The van der Waals surface area contributed by atoms with Gasteiger partial charge in [-0.15, -0.1) is 0 Å². The number of nitrogens with zero attached hydrogens (tertiary/aromatic N) is 2. The minimum absolute atomic E-state index is 0.0393. The molecule has 156 valence electrons. The fraction of sp³-hybridized carbons (Fsp3) is 0.400. The Morgan fingerprint density at radius 3 is 2.38 bits per heavy atom. The second kappa shape index (κ2) is 9.23. The Morgan fingerprint density at radius 2 is 1.79 bits per heavy atom. The molecule has 29 heavy (non-hydrogen) atoms. The zero-order valence-electron chi connectivity index (χ0n) is 16.3. The molecule has 0 atom stereocenters. The molecular formula is C20H25N3O5S. The van der Waals surface area contributed by atoms with Crippen molar-refractivity contribution in [3.63, 3.8) is 0 Å². The molecule has 1 fully saturated rings. The van der Waals surface area contributed by atoms with Gasteiger partial charge in [-0.2, -0.15) is 4.31 Å². The van der Waals surface area contributed by atoms with Crippen LogP contribution < -0.4 is 5.32 Å². The van der Waals surface area contributed by atoms with Gasteiger partial charge in [-0.25, -0.2) is 8.42 Å². The van der Waals surface area contributed by atoms with Crippen LogP contribution in [0.2, 0.25) is 0 Å². The molecule has 3 rings (SSSR count). The molecule has 1 aliphatic heterocycles. The van der Waals surface area contributed by atoms with Crippen LogP contribution in [0.3, 0.4) is 0 Å². The van der Waals surface area contributed by atoms with Gasteiger partial charge in [0.05, 0.1) is 24.2 Å². The number of rotatable bonds is 7. The van der Waals surface area contributed by atoms with Crippen LogP contribution in [0.5, 0.6) is 0 Å². The van der Waals surface area contributed by atoms with Crippen LogP contribution >= 0.6 is 0 Å². The fourth-order valence-electron chi connectivity index (χ4n) is 3.26. The summed E-state index contributed by atoms with van der Waals surface area (Å²) in [7, 11) is -3.94. The van der Waals surface area contributed by atoms with Crippen LogP contribution in [0.25, 0.3) is 0 Å². The summed E-state index contributed by atoms with van der Waals surface area (Å²) in [5, 5.41) is 2.60. The molecule has 1 aliphatic rings. The van der Waals surface area contributed by atoms with Gasteiger partial charge in [-0.3, -0.25) is 9.59 Å². The number of amides is 2. The molecule has 8 nitrogen and oxygen atoms in total. The molecule has 1 aromatic heterocycles. The molecule has 0 saturated carbocycles. The Hall–Kier alpha value is -2.65. The molecular weight excluding hydrogens is 394 g/mol. The minimum Gasteiger partial charge on any atom is -0.468 e. The van der Waals surface area contributed by atoms with E-state index in [9.17, 15) is 18.0 Å². The van der Waals surface area contributed by atoms with Gasteiger partial charge in [-0.05, 0) is 55.7 Å². The molecule has 0 unspecified atom stereocenters. The number of hydrogen-bond acceptors (Lipinski definition) is 5. The first kappa shape index (κ1) is 21.1. The lowest BCUT2D eigenvalue weighted by atomic mass is 10.1. The van der Waals surface area contributed by atoms with E-state index in [0.717, 1.165) is 23.6 Å². The van der Waals surface area contributed by atoms with Crippen molar-refractivity contribution in [2.24, 2.45) is 0 Å². The molecule has 2 aromatic rings. The quantitative estimate of drug-likeness (QED) is 0.743. The molecule has 1 N–H and O–H groups in total. The summed E-state index contributed by atoms with van der Waals surface area (Å²) in [6.45, 7) is 2.39. The molecule has 9 heteroatoms. The number of anilines is 1. The van der Waals surface area contributed by atoms with Gasteiger partial charge in [0, 0.05) is 25.7 Å². The lowest BCUT2D eigenvalue weighted by molar-refractivity contribution is -0.132. The zero-order chi connectivity index (χ0) is 20.9. The van der Waals surface area contributed by atoms with E-state index in [2.05, 4.69) is 5.32 Å². The van der Waals surface area contributed by atoms with Gasteiger partial charge < -0.3 is 14.6 Å². The highest BCUT2D eigenvalue weighted by molar-refractivity contribution is 7.89. The van der Waals surface area contributed by atoms with Crippen molar-refractivity contribution >= 4 is 27.5 Å². The number of furan rings is 1. The van der Waals surface area contributed by atoms with Crippen LogP contribution in [0.4, 0.5) is 5.69 Å². The number of nitrogens with one attached hydrogen (secondary N) is 1. The number of likely N-dealkylation sites (tertiary alicyclic amines) is 1. The standard InChI is InChI=1S/C20H25N3O5S/c1-16(24)21-17-7-9-19(10-8-17)29(26,27)23(14-18-6-5-13-28-18)15-20(25)22-11-3-2-4-12-22/h5-10,13H,2-4,11-12,14-15H2,1H3,(H,21,24). The first-order valence-corrected chi connectivity index (χ1v) is 11.0. The average Bonchev–Trinajstić information content (AvgIpc) is 3.21. The van der Waals surface area contributed by atoms with Crippen molar-refractivity contribution in [2.45, 2.75) is 37.6 Å². The van der Waals surface area contributed by atoms with Gasteiger partial charge in [0.1, 0.15) is 5.76 Å². The van der Waals surface area contributed by atoms with E-state index >= 15 is 0 Å². The monoisotopic (exact) mass is 419 g/mol. The maximum Gasteiger partial charge on any atom is 0.243 e. The maximum absolute atomic E-state index is 13.2. The van der Waals surface area contributed by atoms with Crippen LogP contribution in [0, 0.1) is 0 Å². The lowest BCUT2D eigenvalue weighted by Crippen LogP contribution is -2.44. The number of carbonyl (C=O) groups excluding carboxylic acids is 2. The molecule has 0 spiro atoms. The lowest BCUT2D eigenvalue weighted by Gasteiger charge is -2.29. The van der Waals surface area contributed by atoms with E-state index < -0.39 is 10.0 Å². The highest BCUT2D eigenvalue weighted by Crippen LogP contribution is 2.21. The van der Waals surface area contributed by atoms with Gasteiger partial charge in [0.2, 0.25) is 21.8 Å². The summed E-state index contributed by atoms with van der Waals surface area (Å²) >= 11 is 0. The molecule has 0 aliphatic carbocycles. The third-order valence-corrected chi connectivity index (χ3v) is 6.55. The van der Waals surface area contributed by atoms with Gasteiger partial charge in [-0.1, -0.05) is 0 Å².